The molecule has 0 aliphatic carbocycles. The summed E-state index contributed by atoms with van der Waals surface area (Å²) in [6.45, 7) is 13.6. The number of benzene rings is 1. The fraction of sp³-hybridized carbons (Fsp3) is 0.600. The van der Waals surface area contributed by atoms with Crippen molar-refractivity contribution in [3.8, 4) is 5.75 Å². The van der Waals surface area contributed by atoms with E-state index in [9.17, 15) is 4.39 Å². The van der Waals surface area contributed by atoms with Gasteiger partial charge in [0.05, 0.1) is 30.9 Å². The Morgan fingerprint density at radius 1 is 1.07 bits per heavy atom. The molecule has 0 radical (unpaired) electrons. The van der Waals surface area contributed by atoms with E-state index in [1.807, 2.05) is 0 Å². The zero-order valence-corrected chi connectivity index (χ0v) is 25.2. The molecule has 3 atom stereocenters. The molecule has 41 heavy (non-hydrogen) atoms. The number of halogens is 1. The van der Waals surface area contributed by atoms with E-state index in [0.29, 0.717) is 23.2 Å². The Labute approximate surface area is 247 Å². The number of piperazine rings is 1. The van der Waals surface area contributed by atoms with Gasteiger partial charge in [-0.1, -0.05) is 12.1 Å². The molecule has 4 aliphatic heterocycles. The molecule has 4 aliphatic rings. The van der Waals surface area contributed by atoms with Gasteiger partial charge in [-0.25, -0.2) is 19.4 Å². The van der Waals surface area contributed by atoms with Crippen LogP contribution in [-0.2, 0) is 6.42 Å². The Hall–Kier alpha value is -2.44. The molecule has 222 valence electrons. The summed E-state index contributed by atoms with van der Waals surface area (Å²) in [6, 6.07) is 9.21. The van der Waals surface area contributed by atoms with Crippen LogP contribution >= 0.6 is 11.8 Å². The summed E-state index contributed by atoms with van der Waals surface area (Å²) in [5.41, 5.74) is 4.83. The van der Waals surface area contributed by atoms with Crippen molar-refractivity contribution < 1.29 is 9.13 Å². The lowest BCUT2D eigenvalue weighted by molar-refractivity contribution is 0.0964. The second-order valence-electron chi connectivity index (χ2n) is 12.0. The summed E-state index contributed by atoms with van der Waals surface area (Å²) in [4.78, 5) is 16.1. The number of aromatic nitrogens is 2. The van der Waals surface area contributed by atoms with Gasteiger partial charge < -0.3 is 20.4 Å². The first-order chi connectivity index (χ1) is 19.9. The van der Waals surface area contributed by atoms with Crippen LogP contribution in [0.1, 0.15) is 25.8 Å². The largest absolute Gasteiger partial charge is 0.497 e. The van der Waals surface area contributed by atoms with Gasteiger partial charge in [0.15, 0.2) is 5.82 Å². The lowest BCUT2D eigenvalue weighted by Gasteiger charge is -2.38. The number of anilines is 1. The molecule has 1 spiro atoms. The maximum atomic E-state index is 13.4. The fourth-order valence-corrected chi connectivity index (χ4v) is 8.50. The van der Waals surface area contributed by atoms with Crippen molar-refractivity contribution in [3.63, 3.8) is 0 Å². The lowest BCUT2D eigenvalue weighted by Crippen LogP contribution is -2.51. The van der Waals surface area contributed by atoms with Crippen LogP contribution < -0.4 is 15.5 Å². The molecule has 3 unspecified atom stereocenters. The van der Waals surface area contributed by atoms with E-state index in [1.54, 1.807) is 7.11 Å². The van der Waals surface area contributed by atoms with E-state index < -0.39 is 5.82 Å². The van der Waals surface area contributed by atoms with E-state index >= 15 is 0 Å². The third-order valence-electron chi connectivity index (χ3n) is 9.17. The molecule has 1 aromatic carbocycles. The Balaban J connectivity index is 1.19. The second kappa shape index (κ2) is 12.4. The van der Waals surface area contributed by atoms with E-state index in [1.165, 1.54) is 31.0 Å². The van der Waals surface area contributed by atoms with E-state index in [4.69, 9.17) is 4.74 Å². The number of ether oxygens (including phenoxy) is 1. The SMILES string of the molecule is COc1ccc(CC2CN(CCN3CCN(C(C)C)CC3)CCC34C=C(Nc5ncc(F)cn5)NN3CSC24)cc1. The van der Waals surface area contributed by atoms with Crippen LogP contribution in [0, 0.1) is 11.7 Å². The molecule has 6 rings (SSSR count). The summed E-state index contributed by atoms with van der Waals surface area (Å²) in [7, 11) is 1.72. The average molecular weight is 583 g/mol. The summed E-state index contributed by atoms with van der Waals surface area (Å²) in [5.74, 6) is 3.13. The van der Waals surface area contributed by atoms with Gasteiger partial charge >= 0.3 is 0 Å². The highest BCUT2D eigenvalue weighted by molar-refractivity contribution is 8.00. The van der Waals surface area contributed by atoms with Crippen molar-refractivity contribution in [2.75, 3.05) is 70.7 Å². The molecule has 11 heteroatoms. The topological polar surface area (TPSA) is 72.0 Å². The molecule has 3 saturated heterocycles. The Morgan fingerprint density at radius 3 is 2.51 bits per heavy atom. The summed E-state index contributed by atoms with van der Waals surface area (Å²) < 4.78 is 18.8. The third kappa shape index (κ3) is 6.34. The van der Waals surface area contributed by atoms with Gasteiger partial charge in [0.2, 0.25) is 5.95 Å². The van der Waals surface area contributed by atoms with Gasteiger partial charge in [0, 0.05) is 63.6 Å². The standard InChI is InChI=1S/C30H43FN8OS/c1-22(2)38-14-12-36(13-15-38)10-11-37-9-8-30-17-27(34-29-32-18-25(31)19-33-29)35-39(30)21-41-28(30)24(20-37)16-23-4-6-26(40-3)7-5-23/h4-7,17-19,22,24,28,35H,8-16,20-21H2,1-3H3,(H,32,33,34). The van der Waals surface area contributed by atoms with E-state index in [-0.39, 0.29) is 5.54 Å². The summed E-state index contributed by atoms with van der Waals surface area (Å²) in [6.07, 6.45) is 6.81. The van der Waals surface area contributed by atoms with Crippen LogP contribution in [0.4, 0.5) is 10.3 Å². The smallest absolute Gasteiger partial charge is 0.228 e. The number of hydrogen-bond acceptors (Lipinski definition) is 10. The monoisotopic (exact) mass is 582 g/mol. The molecular weight excluding hydrogens is 539 g/mol. The van der Waals surface area contributed by atoms with Crippen molar-refractivity contribution in [2.45, 2.75) is 43.5 Å². The van der Waals surface area contributed by atoms with Crippen molar-refractivity contribution in [3.05, 3.63) is 59.9 Å². The number of likely N-dealkylation sites (tertiary alicyclic amines) is 1. The second-order valence-corrected chi connectivity index (χ2v) is 13.1. The molecule has 2 N–H and O–H groups in total. The minimum absolute atomic E-state index is 0.109. The number of nitrogens with zero attached hydrogens (tertiary/aromatic N) is 6. The van der Waals surface area contributed by atoms with Gasteiger partial charge in [0.1, 0.15) is 11.6 Å². The number of hydrogen-bond donors (Lipinski definition) is 2. The van der Waals surface area contributed by atoms with Crippen LogP contribution in [0.25, 0.3) is 0 Å². The Kier molecular flexibility index (Phi) is 8.69. The molecule has 3 fully saturated rings. The van der Waals surface area contributed by atoms with E-state index in [2.05, 4.69) is 96.4 Å². The van der Waals surface area contributed by atoms with Gasteiger partial charge in [-0.15, -0.1) is 11.8 Å². The quantitative estimate of drug-likeness (QED) is 0.461. The average Bonchev–Trinajstić information content (AvgIpc) is 3.46. The van der Waals surface area contributed by atoms with E-state index in [0.717, 1.165) is 69.6 Å². The predicted molar refractivity (Wildman–Crippen MR) is 162 cm³/mol. The number of rotatable bonds is 9. The maximum Gasteiger partial charge on any atom is 0.228 e. The van der Waals surface area contributed by atoms with Crippen molar-refractivity contribution in [1.82, 2.24) is 35.1 Å². The minimum atomic E-state index is -0.438. The molecule has 0 amide bonds. The molecular formula is C30H43FN8OS. The van der Waals surface area contributed by atoms with Gasteiger partial charge in [-0.3, -0.25) is 9.80 Å². The van der Waals surface area contributed by atoms with Crippen molar-refractivity contribution >= 4 is 17.7 Å². The third-order valence-corrected chi connectivity index (χ3v) is 10.7. The van der Waals surface area contributed by atoms with Crippen molar-refractivity contribution in [1.29, 1.82) is 0 Å². The molecule has 0 bridgehead atoms. The number of thioether (sulfide) groups is 1. The molecule has 1 aromatic heterocycles. The molecule has 9 nitrogen and oxygen atoms in total. The minimum Gasteiger partial charge on any atom is -0.497 e. The maximum absolute atomic E-state index is 13.4. The van der Waals surface area contributed by atoms with Gasteiger partial charge in [0.25, 0.3) is 0 Å². The van der Waals surface area contributed by atoms with Crippen LogP contribution in [-0.4, -0.2) is 112 Å². The molecule has 5 heterocycles. The Bertz CT molecular complexity index is 1190. The number of hydrazine groups is 1. The van der Waals surface area contributed by atoms with Crippen LogP contribution in [0.2, 0.25) is 0 Å². The normalized spacial score (nSPS) is 27.7. The van der Waals surface area contributed by atoms with Crippen molar-refractivity contribution in [2.24, 2.45) is 5.92 Å². The first-order valence-corrected chi connectivity index (χ1v) is 15.9. The van der Waals surface area contributed by atoms with Crippen LogP contribution in [0.5, 0.6) is 5.75 Å². The van der Waals surface area contributed by atoms with Crippen LogP contribution in [0.3, 0.4) is 0 Å². The van der Waals surface area contributed by atoms with Gasteiger partial charge in [-0.05, 0) is 56.4 Å². The highest BCUT2D eigenvalue weighted by atomic mass is 32.2. The first kappa shape index (κ1) is 28.7. The Morgan fingerprint density at radius 2 is 1.80 bits per heavy atom. The number of methoxy groups -OCH3 is 1. The molecule has 0 saturated carbocycles. The first-order valence-electron chi connectivity index (χ1n) is 14.9. The predicted octanol–water partition coefficient (Wildman–Crippen LogP) is 3.10. The summed E-state index contributed by atoms with van der Waals surface area (Å²) in [5, 5.41) is 6.11. The molecule has 2 aromatic rings. The fourth-order valence-electron chi connectivity index (χ4n) is 6.83. The summed E-state index contributed by atoms with van der Waals surface area (Å²) >= 11 is 2.06. The highest BCUT2D eigenvalue weighted by Crippen LogP contribution is 2.49. The number of nitrogens with one attached hydrogen (secondary N) is 2. The zero-order valence-electron chi connectivity index (χ0n) is 24.4. The lowest BCUT2D eigenvalue weighted by atomic mass is 9.82. The highest BCUT2D eigenvalue weighted by Gasteiger charge is 2.55. The van der Waals surface area contributed by atoms with Gasteiger partial charge in [-0.2, -0.15) is 0 Å². The van der Waals surface area contributed by atoms with Crippen LogP contribution in [0.15, 0.2) is 48.6 Å². The zero-order chi connectivity index (χ0) is 28.4.